The van der Waals surface area contributed by atoms with Gasteiger partial charge in [0, 0.05) is 12.3 Å². The molecule has 0 saturated heterocycles. The Kier molecular flexibility index (Phi) is 3.33. The third-order valence-electron chi connectivity index (χ3n) is 2.92. The van der Waals surface area contributed by atoms with Crippen molar-refractivity contribution < 1.29 is 8.42 Å². The number of hydrogen-bond acceptors (Lipinski definition) is 3. The van der Waals surface area contributed by atoms with Crippen LogP contribution < -0.4 is 0 Å². The zero-order chi connectivity index (χ0) is 13.5. The summed E-state index contributed by atoms with van der Waals surface area (Å²) < 4.78 is 25.3. The molecule has 1 aromatic heterocycles. The van der Waals surface area contributed by atoms with Gasteiger partial charge in [0.15, 0.2) is 4.77 Å². The average molecular weight is 284 g/mol. The lowest BCUT2D eigenvalue weighted by molar-refractivity contribution is 0.565. The summed E-state index contributed by atoms with van der Waals surface area (Å²) >= 11 is 5.29. The number of nitrogens with one attached hydrogen (secondary N) is 1. The zero-order valence-electron chi connectivity index (χ0n) is 10.6. The molecule has 0 aliphatic rings. The fourth-order valence-electron chi connectivity index (χ4n) is 2.29. The number of benzene rings is 1. The quantitative estimate of drug-likeness (QED) is 0.882. The molecule has 0 amide bonds. The number of aromatic amines is 1. The Hall–Kier alpha value is -1.14. The average Bonchev–Trinajstić information content (AvgIpc) is 2.53. The van der Waals surface area contributed by atoms with E-state index in [0.29, 0.717) is 4.77 Å². The topological polar surface area (TPSA) is 54.9 Å². The Morgan fingerprint density at radius 1 is 1.44 bits per heavy atom. The Balaban J connectivity index is 2.64. The van der Waals surface area contributed by atoms with Gasteiger partial charge in [-0.15, -0.1) is 0 Å². The Morgan fingerprint density at radius 3 is 2.72 bits per heavy atom. The molecule has 98 valence electrons. The Bertz CT molecular complexity index is 741. The first-order valence-corrected chi connectivity index (χ1v) is 8.14. The van der Waals surface area contributed by atoms with Crippen LogP contribution in [0.4, 0.5) is 0 Å². The van der Waals surface area contributed by atoms with Crippen molar-refractivity contribution in [2.24, 2.45) is 0 Å². The number of H-pyrrole nitrogens is 1. The van der Waals surface area contributed by atoms with E-state index in [-0.39, 0.29) is 11.8 Å². The molecule has 1 atom stereocenters. The van der Waals surface area contributed by atoms with E-state index >= 15 is 0 Å². The number of imidazole rings is 1. The van der Waals surface area contributed by atoms with E-state index < -0.39 is 9.84 Å². The smallest absolute Gasteiger partial charge is 0.178 e. The van der Waals surface area contributed by atoms with Crippen molar-refractivity contribution in [3.63, 3.8) is 0 Å². The van der Waals surface area contributed by atoms with Gasteiger partial charge in [-0.2, -0.15) is 0 Å². The van der Waals surface area contributed by atoms with Crippen LogP contribution in [0.5, 0.6) is 0 Å². The van der Waals surface area contributed by atoms with Crippen molar-refractivity contribution >= 4 is 33.1 Å². The van der Waals surface area contributed by atoms with Gasteiger partial charge >= 0.3 is 0 Å². The third-order valence-corrected chi connectivity index (χ3v) is 4.31. The summed E-state index contributed by atoms with van der Waals surface area (Å²) in [4.78, 5) is 3.12. The molecule has 18 heavy (non-hydrogen) atoms. The summed E-state index contributed by atoms with van der Waals surface area (Å²) in [5.74, 6) is 0.0859. The fourth-order valence-corrected chi connectivity index (χ4v) is 3.70. The molecule has 6 heteroatoms. The van der Waals surface area contributed by atoms with Gasteiger partial charge in [-0.3, -0.25) is 0 Å². The summed E-state index contributed by atoms with van der Waals surface area (Å²) in [6.45, 7) is 3.87. The highest BCUT2D eigenvalue weighted by Gasteiger charge is 2.16. The van der Waals surface area contributed by atoms with Crippen molar-refractivity contribution in [1.82, 2.24) is 9.55 Å². The largest absolute Gasteiger partial charge is 0.331 e. The first kappa shape index (κ1) is 13.3. The molecule has 1 heterocycles. The van der Waals surface area contributed by atoms with E-state index in [9.17, 15) is 8.42 Å². The number of rotatable bonds is 3. The van der Waals surface area contributed by atoms with Gasteiger partial charge in [0.05, 0.1) is 16.8 Å². The molecule has 2 aromatic rings. The highest BCUT2D eigenvalue weighted by Crippen LogP contribution is 2.23. The van der Waals surface area contributed by atoms with Crippen molar-refractivity contribution in [3.8, 4) is 0 Å². The lowest BCUT2D eigenvalue weighted by Crippen LogP contribution is -2.16. The second kappa shape index (κ2) is 4.51. The van der Waals surface area contributed by atoms with Gasteiger partial charge in [0.1, 0.15) is 9.84 Å². The number of aryl methyl sites for hydroxylation is 1. The molecule has 1 unspecified atom stereocenters. The summed E-state index contributed by atoms with van der Waals surface area (Å²) in [6, 6.07) is 5.72. The zero-order valence-corrected chi connectivity index (χ0v) is 12.2. The molecule has 0 aliphatic carbocycles. The van der Waals surface area contributed by atoms with E-state index in [1.807, 2.05) is 36.6 Å². The minimum Gasteiger partial charge on any atom is -0.331 e. The van der Waals surface area contributed by atoms with Gasteiger partial charge in [0.25, 0.3) is 0 Å². The van der Waals surface area contributed by atoms with Gasteiger partial charge in [0.2, 0.25) is 0 Å². The predicted molar refractivity (Wildman–Crippen MR) is 76.3 cm³/mol. The van der Waals surface area contributed by atoms with Gasteiger partial charge in [-0.05, 0) is 37.7 Å². The lowest BCUT2D eigenvalue weighted by Gasteiger charge is -2.14. The Morgan fingerprint density at radius 2 is 2.11 bits per heavy atom. The Labute approximate surface area is 112 Å². The molecule has 2 rings (SSSR count). The van der Waals surface area contributed by atoms with Crippen LogP contribution in [-0.2, 0) is 9.84 Å². The predicted octanol–water partition coefficient (Wildman–Crippen LogP) is 2.61. The summed E-state index contributed by atoms with van der Waals surface area (Å²) in [5.41, 5.74) is 3.01. The normalized spacial score (nSPS) is 13.9. The number of fused-ring (bicyclic) bond motifs is 1. The highest BCUT2D eigenvalue weighted by molar-refractivity contribution is 7.90. The molecule has 0 radical (unpaired) electrons. The summed E-state index contributed by atoms with van der Waals surface area (Å²) in [6.07, 6.45) is 1.24. The van der Waals surface area contributed by atoms with Crippen LogP contribution in [0.2, 0.25) is 0 Å². The number of nitrogens with zero attached hydrogens (tertiary/aromatic N) is 1. The highest BCUT2D eigenvalue weighted by atomic mass is 32.2. The summed E-state index contributed by atoms with van der Waals surface area (Å²) in [7, 11) is -3.03. The van der Waals surface area contributed by atoms with Crippen molar-refractivity contribution in [1.29, 1.82) is 0 Å². The molecule has 4 nitrogen and oxygen atoms in total. The number of aromatic nitrogens is 2. The first-order valence-electron chi connectivity index (χ1n) is 5.67. The molecular weight excluding hydrogens is 268 g/mol. The molecular formula is C12H16N2O2S2. The molecule has 0 fully saturated rings. The van der Waals surface area contributed by atoms with E-state index in [2.05, 4.69) is 4.98 Å². The maximum absolute atomic E-state index is 11.4. The second-order valence-electron chi connectivity index (χ2n) is 4.71. The SMILES string of the molecule is Cc1cccc2[nH]c(=S)n(C(C)CS(C)(=O)=O)c12. The van der Waals surface area contributed by atoms with Crippen LogP contribution >= 0.6 is 12.2 Å². The van der Waals surface area contributed by atoms with Crippen LogP contribution in [-0.4, -0.2) is 30.0 Å². The number of hydrogen-bond donors (Lipinski definition) is 1. The van der Waals surface area contributed by atoms with E-state index in [1.165, 1.54) is 6.26 Å². The van der Waals surface area contributed by atoms with Gasteiger partial charge < -0.3 is 9.55 Å². The van der Waals surface area contributed by atoms with Crippen molar-refractivity contribution in [2.45, 2.75) is 19.9 Å². The minimum atomic E-state index is -3.03. The third kappa shape index (κ3) is 2.49. The lowest BCUT2D eigenvalue weighted by atomic mass is 10.2. The molecule has 1 N–H and O–H groups in total. The van der Waals surface area contributed by atoms with Crippen LogP contribution in [0.3, 0.4) is 0 Å². The molecule has 0 aliphatic heterocycles. The van der Waals surface area contributed by atoms with Crippen LogP contribution in [0, 0.1) is 11.7 Å². The van der Waals surface area contributed by atoms with E-state index in [0.717, 1.165) is 16.6 Å². The molecule has 1 aromatic carbocycles. The van der Waals surface area contributed by atoms with E-state index in [1.54, 1.807) is 0 Å². The maximum Gasteiger partial charge on any atom is 0.178 e. The second-order valence-corrected chi connectivity index (χ2v) is 7.28. The number of para-hydroxylation sites is 1. The minimum absolute atomic E-state index is 0.0859. The maximum atomic E-state index is 11.4. The van der Waals surface area contributed by atoms with Crippen LogP contribution in [0.25, 0.3) is 11.0 Å². The van der Waals surface area contributed by atoms with E-state index in [4.69, 9.17) is 12.2 Å². The standard InChI is InChI=1S/C12H16N2O2S2/c1-8-5-4-6-10-11(8)14(12(17)13-10)9(2)7-18(3,15)16/h4-6,9H,7H2,1-3H3,(H,13,17). The summed E-state index contributed by atoms with van der Waals surface area (Å²) in [5, 5.41) is 0. The number of sulfone groups is 1. The van der Waals surface area contributed by atoms with Crippen LogP contribution in [0.1, 0.15) is 18.5 Å². The fraction of sp³-hybridized carbons (Fsp3) is 0.417. The van der Waals surface area contributed by atoms with Crippen LogP contribution in [0.15, 0.2) is 18.2 Å². The molecule has 0 spiro atoms. The molecule has 0 bridgehead atoms. The molecule has 0 saturated carbocycles. The van der Waals surface area contributed by atoms with Gasteiger partial charge in [-0.1, -0.05) is 12.1 Å². The van der Waals surface area contributed by atoms with Gasteiger partial charge in [-0.25, -0.2) is 8.42 Å². The van der Waals surface area contributed by atoms with Crippen molar-refractivity contribution in [3.05, 3.63) is 28.5 Å². The van der Waals surface area contributed by atoms with Crippen molar-refractivity contribution in [2.75, 3.05) is 12.0 Å². The monoisotopic (exact) mass is 284 g/mol. The first-order chi connectivity index (χ1) is 8.29.